The van der Waals surface area contributed by atoms with E-state index in [1.54, 1.807) is 26.8 Å². The van der Waals surface area contributed by atoms with Crippen LogP contribution in [0.15, 0.2) is 12.7 Å². The van der Waals surface area contributed by atoms with Gasteiger partial charge in [-0.15, -0.1) is 6.58 Å². The van der Waals surface area contributed by atoms with Crippen LogP contribution >= 0.6 is 0 Å². The molecular formula is C12H21NO4. The van der Waals surface area contributed by atoms with Crippen molar-refractivity contribution >= 4 is 12.1 Å². The Bertz CT molecular complexity index is 281. The molecule has 1 atom stereocenters. The Morgan fingerprint density at radius 2 is 2.06 bits per heavy atom. The van der Waals surface area contributed by atoms with Gasteiger partial charge in [0.25, 0.3) is 0 Å². The number of amides is 1. The van der Waals surface area contributed by atoms with Crippen LogP contribution in [-0.2, 0) is 9.53 Å². The Morgan fingerprint density at radius 1 is 1.47 bits per heavy atom. The van der Waals surface area contributed by atoms with Crippen LogP contribution in [0.5, 0.6) is 0 Å². The molecule has 5 nitrogen and oxygen atoms in total. The predicted octanol–water partition coefficient (Wildman–Crippen LogP) is 2.32. The Balaban J connectivity index is 4.26. The van der Waals surface area contributed by atoms with Gasteiger partial charge in [-0.25, -0.2) is 4.79 Å². The molecule has 0 heterocycles. The van der Waals surface area contributed by atoms with Crippen molar-refractivity contribution in [2.75, 3.05) is 0 Å². The van der Waals surface area contributed by atoms with Crippen LogP contribution in [0.3, 0.4) is 0 Å². The van der Waals surface area contributed by atoms with Crippen molar-refractivity contribution in [3.05, 3.63) is 12.7 Å². The molecule has 5 heteroatoms. The normalized spacial score (nSPS) is 12.6. The quantitative estimate of drug-likeness (QED) is 0.702. The van der Waals surface area contributed by atoms with Gasteiger partial charge in [0.05, 0.1) is 6.42 Å². The third-order valence-electron chi connectivity index (χ3n) is 1.86. The summed E-state index contributed by atoms with van der Waals surface area (Å²) >= 11 is 0. The van der Waals surface area contributed by atoms with Crippen molar-refractivity contribution in [3.8, 4) is 0 Å². The molecule has 0 aromatic heterocycles. The van der Waals surface area contributed by atoms with Crippen molar-refractivity contribution < 1.29 is 19.4 Å². The van der Waals surface area contributed by atoms with Gasteiger partial charge in [-0.3, -0.25) is 4.79 Å². The SMILES string of the molecule is C=CCC[C@H](CC(=O)O)NC(=O)OC(C)(C)C. The summed E-state index contributed by atoms with van der Waals surface area (Å²) in [5.74, 6) is -0.949. The first-order valence-corrected chi connectivity index (χ1v) is 5.57. The molecule has 2 N–H and O–H groups in total. The van der Waals surface area contributed by atoms with Gasteiger partial charge in [0, 0.05) is 6.04 Å². The number of hydrogen-bond acceptors (Lipinski definition) is 3. The van der Waals surface area contributed by atoms with Gasteiger partial charge in [-0.05, 0) is 33.6 Å². The minimum atomic E-state index is -0.949. The summed E-state index contributed by atoms with van der Waals surface area (Å²) in [7, 11) is 0. The zero-order chi connectivity index (χ0) is 13.5. The molecule has 0 unspecified atom stereocenters. The highest BCUT2D eigenvalue weighted by molar-refractivity contribution is 5.71. The van der Waals surface area contributed by atoms with Crippen LogP contribution in [0.1, 0.15) is 40.0 Å². The molecule has 0 fully saturated rings. The molecule has 1 amide bonds. The molecule has 0 radical (unpaired) electrons. The molecule has 0 bridgehead atoms. The van der Waals surface area contributed by atoms with Crippen LogP contribution in [0, 0.1) is 0 Å². The summed E-state index contributed by atoms with van der Waals surface area (Å²) in [5, 5.41) is 11.3. The zero-order valence-electron chi connectivity index (χ0n) is 10.7. The fourth-order valence-corrected chi connectivity index (χ4v) is 1.23. The number of carboxylic acid groups (broad SMARTS) is 1. The Kier molecular flexibility index (Phi) is 6.31. The molecule has 0 aliphatic rings. The fraction of sp³-hybridized carbons (Fsp3) is 0.667. The summed E-state index contributed by atoms with van der Waals surface area (Å²) < 4.78 is 5.06. The van der Waals surface area contributed by atoms with Gasteiger partial charge in [-0.2, -0.15) is 0 Å². The lowest BCUT2D eigenvalue weighted by Crippen LogP contribution is -2.40. The van der Waals surface area contributed by atoms with Crippen molar-refractivity contribution in [2.45, 2.75) is 51.7 Å². The summed E-state index contributed by atoms with van der Waals surface area (Å²) in [4.78, 5) is 22.1. The minimum absolute atomic E-state index is 0.118. The van der Waals surface area contributed by atoms with E-state index in [9.17, 15) is 9.59 Å². The highest BCUT2D eigenvalue weighted by atomic mass is 16.6. The first-order valence-electron chi connectivity index (χ1n) is 5.57. The van der Waals surface area contributed by atoms with E-state index in [0.29, 0.717) is 12.8 Å². The lowest BCUT2D eigenvalue weighted by molar-refractivity contribution is -0.137. The highest BCUT2D eigenvalue weighted by Gasteiger charge is 2.20. The number of allylic oxidation sites excluding steroid dienone is 1. The largest absolute Gasteiger partial charge is 0.481 e. The van der Waals surface area contributed by atoms with Gasteiger partial charge in [-0.1, -0.05) is 6.08 Å². The maximum Gasteiger partial charge on any atom is 0.407 e. The third kappa shape index (κ3) is 9.41. The minimum Gasteiger partial charge on any atom is -0.481 e. The summed E-state index contributed by atoms with van der Waals surface area (Å²) in [6, 6.07) is -0.430. The molecule has 0 aliphatic carbocycles. The van der Waals surface area contributed by atoms with Crippen LogP contribution in [0.25, 0.3) is 0 Å². The van der Waals surface area contributed by atoms with Crippen LogP contribution in [-0.4, -0.2) is 28.8 Å². The van der Waals surface area contributed by atoms with Gasteiger partial charge in [0.15, 0.2) is 0 Å². The van der Waals surface area contributed by atoms with Crippen LogP contribution in [0.4, 0.5) is 4.79 Å². The first kappa shape index (κ1) is 15.5. The van der Waals surface area contributed by atoms with Gasteiger partial charge >= 0.3 is 12.1 Å². The van der Waals surface area contributed by atoms with Gasteiger partial charge < -0.3 is 15.2 Å². The lowest BCUT2D eigenvalue weighted by atomic mass is 10.1. The predicted molar refractivity (Wildman–Crippen MR) is 64.8 cm³/mol. The maximum absolute atomic E-state index is 11.5. The van der Waals surface area contributed by atoms with Crippen molar-refractivity contribution in [3.63, 3.8) is 0 Å². The highest BCUT2D eigenvalue weighted by Crippen LogP contribution is 2.09. The van der Waals surface area contributed by atoms with Gasteiger partial charge in [0.1, 0.15) is 5.60 Å². The molecule has 0 aliphatic heterocycles. The average Bonchev–Trinajstić information content (AvgIpc) is 2.09. The molecule has 0 aromatic carbocycles. The Morgan fingerprint density at radius 3 is 2.47 bits per heavy atom. The average molecular weight is 243 g/mol. The van der Waals surface area contributed by atoms with Crippen molar-refractivity contribution in [1.82, 2.24) is 5.32 Å². The molecule has 98 valence electrons. The number of ether oxygens (including phenoxy) is 1. The smallest absolute Gasteiger partial charge is 0.407 e. The summed E-state index contributed by atoms with van der Waals surface area (Å²) in [6.07, 6.45) is 2.16. The van der Waals surface area contributed by atoms with E-state index in [-0.39, 0.29) is 6.42 Å². The first-order chi connectivity index (χ1) is 7.74. The molecule has 0 aromatic rings. The Hall–Kier alpha value is -1.52. The number of hydrogen-bond donors (Lipinski definition) is 2. The van der Waals surface area contributed by atoms with E-state index >= 15 is 0 Å². The molecule has 0 spiro atoms. The number of aliphatic carboxylic acids is 1. The summed E-state index contributed by atoms with van der Waals surface area (Å²) in [6.45, 7) is 8.82. The van der Waals surface area contributed by atoms with Crippen LogP contribution < -0.4 is 5.32 Å². The van der Waals surface area contributed by atoms with E-state index in [4.69, 9.17) is 9.84 Å². The second-order valence-electron chi connectivity index (χ2n) is 4.81. The van der Waals surface area contributed by atoms with Crippen molar-refractivity contribution in [2.24, 2.45) is 0 Å². The number of carboxylic acids is 1. The second-order valence-corrected chi connectivity index (χ2v) is 4.81. The van der Waals surface area contributed by atoms with Crippen LogP contribution in [0.2, 0.25) is 0 Å². The number of nitrogens with one attached hydrogen (secondary N) is 1. The molecule has 0 saturated carbocycles. The maximum atomic E-state index is 11.5. The molecular weight excluding hydrogens is 222 g/mol. The number of carbonyl (C=O) groups excluding carboxylic acids is 1. The molecule has 17 heavy (non-hydrogen) atoms. The number of carbonyl (C=O) groups is 2. The van der Waals surface area contributed by atoms with E-state index in [2.05, 4.69) is 11.9 Å². The monoisotopic (exact) mass is 243 g/mol. The third-order valence-corrected chi connectivity index (χ3v) is 1.86. The molecule has 0 saturated heterocycles. The second kappa shape index (κ2) is 6.93. The summed E-state index contributed by atoms with van der Waals surface area (Å²) in [5.41, 5.74) is -0.587. The zero-order valence-corrected chi connectivity index (χ0v) is 10.7. The van der Waals surface area contributed by atoms with E-state index < -0.39 is 23.7 Å². The number of alkyl carbamates (subject to hydrolysis) is 1. The lowest BCUT2D eigenvalue weighted by Gasteiger charge is -2.22. The number of rotatable bonds is 6. The van der Waals surface area contributed by atoms with Gasteiger partial charge in [0.2, 0.25) is 0 Å². The van der Waals surface area contributed by atoms with E-state index in [0.717, 1.165) is 0 Å². The topological polar surface area (TPSA) is 75.6 Å². The Labute approximate surface area is 102 Å². The van der Waals surface area contributed by atoms with E-state index in [1.807, 2.05) is 0 Å². The van der Waals surface area contributed by atoms with E-state index in [1.165, 1.54) is 0 Å². The van der Waals surface area contributed by atoms with Crippen molar-refractivity contribution in [1.29, 1.82) is 0 Å². The fourth-order valence-electron chi connectivity index (χ4n) is 1.23. The standard InChI is InChI=1S/C12H21NO4/c1-5-6-7-9(8-10(14)15)13-11(16)17-12(2,3)4/h5,9H,1,6-8H2,2-4H3,(H,13,16)(H,14,15)/t9-/m1/s1. The molecule has 0 rings (SSSR count).